The van der Waals surface area contributed by atoms with Crippen LogP contribution in [-0.2, 0) is 29.0 Å². The summed E-state index contributed by atoms with van der Waals surface area (Å²) >= 11 is 0. The number of hydrogen-bond acceptors (Lipinski definition) is 2. The topological polar surface area (TPSA) is 49.4 Å². The highest BCUT2D eigenvalue weighted by Crippen LogP contribution is 2.18. The van der Waals surface area contributed by atoms with E-state index in [4.69, 9.17) is 0 Å². The molecule has 0 unspecified atom stereocenters. The van der Waals surface area contributed by atoms with Crippen molar-refractivity contribution in [3.8, 4) is 0 Å². The minimum Gasteiger partial charge on any atom is -0.354 e. The van der Waals surface area contributed by atoms with Crippen LogP contribution in [0.2, 0.25) is 0 Å². The molecule has 1 N–H and O–H groups in total. The summed E-state index contributed by atoms with van der Waals surface area (Å²) in [6.07, 6.45) is 2.66. The van der Waals surface area contributed by atoms with Crippen LogP contribution in [0.15, 0.2) is 78.9 Å². The minimum atomic E-state index is -0.585. The van der Waals surface area contributed by atoms with E-state index in [0.717, 1.165) is 40.7 Å². The number of carbonyl (C=O) groups excluding carboxylic acids is 2. The largest absolute Gasteiger partial charge is 0.354 e. The van der Waals surface area contributed by atoms with Crippen LogP contribution in [0, 0.1) is 13.8 Å². The van der Waals surface area contributed by atoms with Crippen molar-refractivity contribution in [3.63, 3.8) is 0 Å². The van der Waals surface area contributed by atoms with Gasteiger partial charge in [0.15, 0.2) is 0 Å². The SMILES string of the molecule is CCCCNC(=O)[C@H](Cc1ccccc1)N(Cc1ccccc1)C(=O)Cc1cc(C)cc(C)c1. The summed E-state index contributed by atoms with van der Waals surface area (Å²) in [5.74, 6) is -0.137. The molecule has 0 aromatic heterocycles. The van der Waals surface area contributed by atoms with Gasteiger partial charge in [0, 0.05) is 19.5 Å². The quantitative estimate of drug-likeness (QED) is 0.393. The van der Waals surface area contributed by atoms with Crippen molar-refractivity contribution < 1.29 is 9.59 Å². The molecule has 3 aromatic rings. The van der Waals surface area contributed by atoms with Gasteiger partial charge in [0.25, 0.3) is 0 Å². The van der Waals surface area contributed by atoms with Gasteiger partial charge in [0.05, 0.1) is 6.42 Å². The van der Waals surface area contributed by atoms with E-state index in [-0.39, 0.29) is 18.2 Å². The van der Waals surface area contributed by atoms with Crippen LogP contribution < -0.4 is 5.32 Å². The molecule has 0 bridgehead atoms. The molecule has 0 aliphatic rings. The smallest absolute Gasteiger partial charge is 0.243 e. The fourth-order valence-electron chi connectivity index (χ4n) is 4.29. The number of unbranched alkanes of at least 4 members (excludes halogenated alkanes) is 1. The van der Waals surface area contributed by atoms with Crippen molar-refractivity contribution >= 4 is 11.8 Å². The van der Waals surface area contributed by atoms with Crippen LogP contribution in [0.25, 0.3) is 0 Å². The number of hydrogen-bond donors (Lipinski definition) is 1. The number of nitrogens with one attached hydrogen (secondary N) is 1. The summed E-state index contributed by atoms with van der Waals surface area (Å²) in [6, 6.07) is 25.5. The number of rotatable bonds is 11. The van der Waals surface area contributed by atoms with E-state index < -0.39 is 6.04 Å². The van der Waals surface area contributed by atoms with Gasteiger partial charge in [-0.25, -0.2) is 0 Å². The molecule has 4 heteroatoms. The van der Waals surface area contributed by atoms with E-state index >= 15 is 0 Å². The Bertz CT molecular complexity index is 1040. The zero-order valence-corrected chi connectivity index (χ0v) is 20.6. The maximum Gasteiger partial charge on any atom is 0.243 e. The minimum absolute atomic E-state index is 0.0413. The summed E-state index contributed by atoms with van der Waals surface area (Å²) in [7, 11) is 0. The van der Waals surface area contributed by atoms with Crippen LogP contribution in [-0.4, -0.2) is 29.3 Å². The Labute approximate surface area is 204 Å². The van der Waals surface area contributed by atoms with Crippen molar-refractivity contribution in [2.75, 3.05) is 6.54 Å². The molecule has 34 heavy (non-hydrogen) atoms. The van der Waals surface area contributed by atoms with Crippen LogP contribution in [0.3, 0.4) is 0 Å². The van der Waals surface area contributed by atoms with E-state index in [0.29, 0.717) is 19.5 Å². The monoisotopic (exact) mass is 456 g/mol. The lowest BCUT2D eigenvalue weighted by molar-refractivity contribution is -0.140. The lowest BCUT2D eigenvalue weighted by atomic mass is 10.0. The van der Waals surface area contributed by atoms with Crippen molar-refractivity contribution in [1.29, 1.82) is 0 Å². The van der Waals surface area contributed by atoms with Crippen molar-refractivity contribution in [3.05, 3.63) is 107 Å². The number of amides is 2. The van der Waals surface area contributed by atoms with Gasteiger partial charge in [-0.05, 0) is 37.0 Å². The first-order valence-corrected chi connectivity index (χ1v) is 12.2. The molecule has 0 fully saturated rings. The predicted molar refractivity (Wildman–Crippen MR) is 138 cm³/mol. The summed E-state index contributed by atoms with van der Waals surface area (Å²) in [6.45, 7) is 7.20. The molecule has 0 aliphatic carbocycles. The molecule has 0 saturated carbocycles. The van der Waals surface area contributed by atoms with Crippen LogP contribution in [0.4, 0.5) is 0 Å². The Kier molecular flexibility index (Phi) is 9.45. The van der Waals surface area contributed by atoms with Gasteiger partial charge < -0.3 is 10.2 Å². The van der Waals surface area contributed by atoms with Crippen molar-refractivity contribution in [1.82, 2.24) is 10.2 Å². The van der Waals surface area contributed by atoms with Crippen LogP contribution >= 0.6 is 0 Å². The van der Waals surface area contributed by atoms with Gasteiger partial charge >= 0.3 is 0 Å². The first-order chi connectivity index (χ1) is 16.5. The normalized spacial score (nSPS) is 11.6. The zero-order chi connectivity index (χ0) is 24.3. The molecule has 0 spiro atoms. The van der Waals surface area contributed by atoms with Gasteiger partial charge in [-0.3, -0.25) is 9.59 Å². The van der Waals surface area contributed by atoms with E-state index in [1.54, 1.807) is 4.90 Å². The first-order valence-electron chi connectivity index (χ1n) is 12.2. The van der Waals surface area contributed by atoms with Gasteiger partial charge in [0.2, 0.25) is 11.8 Å². The number of nitrogens with zero attached hydrogens (tertiary/aromatic N) is 1. The standard InChI is InChI=1S/C30H36N2O2/c1-4-5-16-31-30(34)28(20-25-12-8-6-9-13-25)32(22-26-14-10-7-11-15-26)29(33)21-27-18-23(2)17-24(3)19-27/h6-15,17-19,28H,4-5,16,20-22H2,1-3H3,(H,31,34)/t28-/m0/s1. The second-order valence-corrected chi connectivity index (χ2v) is 9.03. The summed E-state index contributed by atoms with van der Waals surface area (Å²) in [4.78, 5) is 28.9. The summed E-state index contributed by atoms with van der Waals surface area (Å²) in [5.41, 5.74) is 5.29. The molecule has 1 atom stereocenters. The summed E-state index contributed by atoms with van der Waals surface area (Å²) < 4.78 is 0. The Hall–Kier alpha value is -3.40. The molecule has 3 aromatic carbocycles. The van der Waals surface area contributed by atoms with E-state index in [2.05, 4.69) is 30.4 Å². The maximum absolute atomic E-state index is 13.8. The Morgan fingerprint density at radius 2 is 1.41 bits per heavy atom. The van der Waals surface area contributed by atoms with Gasteiger partial charge in [-0.1, -0.05) is 103 Å². The van der Waals surface area contributed by atoms with Gasteiger partial charge in [-0.15, -0.1) is 0 Å². The molecular weight excluding hydrogens is 420 g/mol. The van der Waals surface area contributed by atoms with E-state index in [9.17, 15) is 9.59 Å². The van der Waals surface area contributed by atoms with Crippen LogP contribution in [0.1, 0.15) is 47.6 Å². The molecule has 0 saturated heterocycles. The van der Waals surface area contributed by atoms with Crippen LogP contribution in [0.5, 0.6) is 0 Å². The molecular formula is C30H36N2O2. The lowest BCUT2D eigenvalue weighted by Crippen LogP contribution is -2.51. The number of aryl methyl sites for hydroxylation is 2. The molecule has 4 nitrogen and oxygen atoms in total. The van der Waals surface area contributed by atoms with Crippen molar-refractivity contribution in [2.45, 2.75) is 59.0 Å². The highest BCUT2D eigenvalue weighted by atomic mass is 16.2. The number of benzene rings is 3. The zero-order valence-electron chi connectivity index (χ0n) is 20.6. The Morgan fingerprint density at radius 3 is 2.00 bits per heavy atom. The van der Waals surface area contributed by atoms with E-state index in [1.165, 1.54) is 0 Å². The first kappa shape index (κ1) is 25.2. The average molecular weight is 457 g/mol. The predicted octanol–water partition coefficient (Wildman–Crippen LogP) is 5.40. The van der Waals surface area contributed by atoms with Gasteiger partial charge in [-0.2, -0.15) is 0 Å². The molecule has 0 heterocycles. The fraction of sp³-hybridized carbons (Fsp3) is 0.333. The third kappa shape index (κ3) is 7.58. The Balaban J connectivity index is 1.93. The summed E-state index contributed by atoms with van der Waals surface area (Å²) in [5, 5.41) is 3.07. The van der Waals surface area contributed by atoms with E-state index in [1.807, 2.05) is 74.5 Å². The van der Waals surface area contributed by atoms with Crippen molar-refractivity contribution in [2.24, 2.45) is 0 Å². The molecule has 0 radical (unpaired) electrons. The van der Waals surface area contributed by atoms with Gasteiger partial charge in [0.1, 0.15) is 6.04 Å². The molecule has 2 amide bonds. The average Bonchev–Trinajstić information content (AvgIpc) is 2.82. The highest BCUT2D eigenvalue weighted by molar-refractivity contribution is 5.88. The lowest BCUT2D eigenvalue weighted by Gasteiger charge is -2.32. The third-order valence-electron chi connectivity index (χ3n) is 5.93. The second-order valence-electron chi connectivity index (χ2n) is 9.03. The number of carbonyl (C=O) groups is 2. The third-order valence-corrected chi connectivity index (χ3v) is 5.93. The molecule has 0 aliphatic heterocycles. The second kappa shape index (κ2) is 12.7. The highest BCUT2D eigenvalue weighted by Gasteiger charge is 2.30. The fourth-order valence-corrected chi connectivity index (χ4v) is 4.29. The molecule has 3 rings (SSSR count). The maximum atomic E-state index is 13.8. The Morgan fingerprint density at radius 1 is 0.824 bits per heavy atom. The molecule has 178 valence electrons.